The molecule has 4 rings (SSSR count). The van der Waals surface area contributed by atoms with Gasteiger partial charge in [-0.1, -0.05) is 25.7 Å². The van der Waals surface area contributed by atoms with Crippen molar-refractivity contribution in [2.24, 2.45) is 5.92 Å². The van der Waals surface area contributed by atoms with Gasteiger partial charge in [0.1, 0.15) is 0 Å². The quantitative estimate of drug-likeness (QED) is 0.843. The van der Waals surface area contributed by atoms with Crippen LogP contribution in [-0.4, -0.2) is 48.2 Å². The summed E-state index contributed by atoms with van der Waals surface area (Å²) in [5.74, 6) is 1.11. The Morgan fingerprint density at radius 3 is 2.21 bits per heavy atom. The highest BCUT2D eigenvalue weighted by Crippen LogP contribution is 2.34. The van der Waals surface area contributed by atoms with Crippen molar-refractivity contribution in [2.45, 2.75) is 94.9 Å². The molecule has 0 aromatic heterocycles. The number of likely N-dealkylation sites (tertiary alicyclic amines) is 1. The maximum Gasteiger partial charge on any atom is 0.239 e. The summed E-state index contributed by atoms with van der Waals surface area (Å²) in [6.07, 6.45) is 14.4. The predicted octanol–water partition coefficient (Wildman–Crippen LogP) is 3.28. The molecule has 138 valence electrons. The second kappa shape index (κ2) is 8.37. The number of ether oxygens (including phenoxy) is 1. The molecule has 2 aliphatic carbocycles. The minimum absolute atomic E-state index is 0. The fourth-order valence-electron chi connectivity index (χ4n) is 5.24. The van der Waals surface area contributed by atoms with Gasteiger partial charge in [0.05, 0.1) is 18.2 Å². The lowest BCUT2D eigenvalue weighted by molar-refractivity contribution is -0.136. The van der Waals surface area contributed by atoms with Crippen LogP contribution in [0.3, 0.4) is 0 Å². The molecule has 2 heterocycles. The maximum absolute atomic E-state index is 12.8. The van der Waals surface area contributed by atoms with E-state index in [1.165, 1.54) is 51.4 Å². The topological polar surface area (TPSA) is 41.6 Å². The third-order valence-corrected chi connectivity index (χ3v) is 6.60. The highest BCUT2D eigenvalue weighted by Gasteiger charge is 2.40. The van der Waals surface area contributed by atoms with E-state index in [1.807, 2.05) is 0 Å². The van der Waals surface area contributed by atoms with Gasteiger partial charge in [-0.2, -0.15) is 0 Å². The summed E-state index contributed by atoms with van der Waals surface area (Å²) in [7, 11) is 0. The number of halogens is 1. The molecule has 0 bridgehead atoms. The van der Waals surface area contributed by atoms with E-state index in [2.05, 4.69) is 10.2 Å². The third kappa shape index (κ3) is 4.08. The van der Waals surface area contributed by atoms with Gasteiger partial charge in [-0.3, -0.25) is 4.79 Å². The van der Waals surface area contributed by atoms with E-state index in [0.717, 1.165) is 38.3 Å². The molecular formula is C19H33ClN2O2. The molecule has 0 aromatic carbocycles. The van der Waals surface area contributed by atoms with Gasteiger partial charge in [0.25, 0.3) is 0 Å². The monoisotopic (exact) mass is 356 g/mol. The lowest BCUT2D eigenvalue weighted by Crippen LogP contribution is -2.49. The lowest BCUT2D eigenvalue weighted by Gasteiger charge is -2.34. The molecule has 2 saturated heterocycles. The SMILES string of the molecule is Cl.O=C(C1CC2CCCCC2N1)N1CCC(OC2CCCC2)CC1. The number of amides is 1. The predicted molar refractivity (Wildman–Crippen MR) is 97.5 cm³/mol. The van der Waals surface area contributed by atoms with E-state index in [1.54, 1.807) is 0 Å². The highest BCUT2D eigenvalue weighted by atomic mass is 35.5. The van der Waals surface area contributed by atoms with Crippen molar-refractivity contribution < 1.29 is 9.53 Å². The van der Waals surface area contributed by atoms with Gasteiger partial charge < -0.3 is 15.0 Å². The van der Waals surface area contributed by atoms with E-state index >= 15 is 0 Å². The number of piperidine rings is 1. The first-order valence-electron chi connectivity index (χ1n) is 10.00. The third-order valence-electron chi connectivity index (χ3n) is 6.60. The Balaban J connectivity index is 0.00000169. The molecule has 0 spiro atoms. The molecule has 4 aliphatic rings. The number of carbonyl (C=O) groups is 1. The molecule has 0 radical (unpaired) electrons. The van der Waals surface area contributed by atoms with Crippen LogP contribution in [0.2, 0.25) is 0 Å². The van der Waals surface area contributed by atoms with Crippen molar-refractivity contribution in [1.82, 2.24) is 10.2 Å². The van der Waals surface area contributed by atoms with E-state index < -0.39 is 0 Å². The van der Waals surface area contributed by atoms with E-state index in [-0.39, 0.29) is 18.4 Å². The van der Waals surface area contributed by atoms with Gasteiger partial charge in [0.15, 0.2) is 0 Å². The van der Waals surface area contributed by atoms with Crippen LogP contribution in [-0.2, 0) is 9.53 Å². The van der Waals surface area contributed by atoms with Gasteiger partial charge in [-0.25, -0.2) is 0 Å². The number of fused-ring (bicyclic) bond motifs is 1. The summed E-state index contributed by atoms with van der Waals surface area (Å²) in [5, 5.41) is 3.64. The lowest BCUT2D eigenvalue weighted by atomic mass is 9.85. The molecule has 3 atom stereocenters. The molecule has 4 nitrogen and oxygen atoms in total. The van der Waals surface area contributed by atoms with E-state index in [4.69, 9.17) is 4.74 Å². The van der Waals surface area contributed by atoms with Crippen molar-refractivity contribution >= 4 is 18.3 Å². The molecule has 2 aliphatic heterocycles. The van der Waals surface area contributed by atoms with Crippen LogP contribution in [0.15, 0.2) is 0 Å². The maximum atomic E-state index is 12.8. The summed E-state index contributed by atoms with van der Waals surface area (Å²) in [5.41, 5.74) is 0. The Labute approximate surface area is 152 Å². The van der Waals surface area contributed by atoms with Crippen LogP contribution in [0, 0.1) is 5.92 Å². The number of carbonyl (C=O) groups excluding carboxylic acids is 1. The zero-order valence-corrected chi connectivity index (χ0v) is 15.6. The molecule has 0 aromatic rings. The minimum Gasteiger partial charge on any atom is -0.375 e. The van der Waals surface area contributed by atoms with Crippen LogP contribution < -0.4 is 5.32 Å². The van der Waals surface area contributed by atoms with Gasteiger partial charge >= 0.3 is 0 Å². The first-order valence-corrected chi connectivity index (χ1v) is 10.00. The second-order valence-corrected chi connectivity index (χ2v) is 8.17. The van der Waals surface area contributed by atoms with Crippen LogP contribution >= 0.6 is 12.4 Å². The van der Waals surface area contributed by atoms with Crippen molar-refractivity contribution in [1.29, 1.82) is 0 Å². The fourth-order valence-corrected chi connectivity index (χ4v) is 5.24. The Morgan fingerprint density at radius 1 is 0.875 bits per heavy atom. The van der Waals surface area contributed by atoms with Crippen LogP contribution in [0.25, 0.3) is 0 Å². The van der Waals surface area contributed by atoms with Crippen molar-refractivity contribution in [2.75, 3.05) is 13.1 Å². The highest BCUT2D eigenvalue weighted by molar-refractivity contribution is 5.85. The summed E-state index contributed by atoms with van der Waals surface area (Å²) in [6.45, 7) is 1.79. The van der Waals surface area contributed by atoms with Crippen molar-refractivity contribution in [3.63, 3.8) is 0 Å². The molecule has 3 unspecified atom stereocenters. The fraction of sp³-hybridized carbons (Fsp3) is 0.947. The molecular weight excluding hydrogens is 324 g/mol. The van der Waals surface area contributed by atoms with E-state index in [0.29, 0.717) is 24.2 Å². The van der Waals surface area contributed by atoms with E-state index in [9.17, 15) is 4.79 Å². The first kappa shape index (κ1) is 18.5. The minimum atomic E-state index is 0. The number of hydrogen-bond acceptors (Lipinski definition) is 3. The van der Waals surface area contributed by atoms with Crippen LogP contribution in [0.5, 0.6) is 0 Å². The van der Waals surface area contributed by atoms with Gasteiger partial charge in [0, 0.05) is 19.1 Å². The van der Waals surface area contributed by atoms with Gasteiger partial charge in [0.2, 0.25) is 5.91 Å². The largest absolute Gasteiger partial charge is 0.375 e. The molecule has 24 heavy (non-hydrogen) atoms. The van der Waals surface area contributed by atoms with Crippen molar-refractivity contribution in [3.05, 3.63) is 0 Å². The Morgan fingerprint density at radius 2 is 1.50 bits per heavy atom. The van der Waals surface area contributed by atoms with Gasteiger partial charge in [-0.15, -0.1) is 12.4 Å². The number of nitrogens with one attached hydrogen (secondary N) is 1. The zero-order chi connectivity index (χ0) is 15.6. The van der Waals surface area contributed by atoms with Gasteiger partial charge in [-0.05, 0) is 50.9 Å². The standard InChI is InChI=1S/C19H32N2O2.ClH/c22-19(18-13-14-5-1-4-8-17(14)20-18)21-11-9-16(10-12-21)23-15-6-2-3-7-15;/h14-18,20H,1-13H2;1H. The second-order valence-electron chi connectivity index (χ2n) is 8.17. The summed E-state index contributed by atoms with van der Waals surface area (Å²) in [4.78, 5) is 14.9. The average Bonchev–Trinajstić information content (AvgIpc) is 3.24. The number of rotatable bonds is 3. The number of nitrogens with zero attached hydrogens (tertiary/aromatic N) is 1. The smallest absolute Gasteiger partial charge is 0.239 e. The van der Waals surface area contributed by atoms with Crippen molar-refractivity contribution in [3.8, 4) is 0 Å². The Bertz CT molecular complexity index is 406. The first-order chi connectivity index (χ1) is 11.3. The summed E-state index contributed by atoms with van der Waals surface area (Å²) in [6, 6.07) is 0.705. The molecule has 1 N–H and O–H groups in total. The normalized spacial score (nSPS) is 34.8. The Hall–Kier alpha value is -0.320. The summed E-state index contributed by atoms with van der Waals surface area (Å²) < 4.78 is 6.23. The summed E-state index contributed by atoms with van der Waals surface area (Å²) >= 11 is 0. The molecule has 1 amide bonds. The van der Waals surface area contributed by atoms with Crippen LogP contribution in [0.4, 0.5) is 0 Å². The average molecular weight is 357 g/mol. The molecule has 5 heteroatoms. The number of hydrogen-bond donors (Lipinski definition) is 1. The van der Waals surface area contributed by atoms with Crippen LogP contribution in [0.1, 0.15) is 70.6 Å². The zero-order valence-electron chi connectivity index (χ0n) is 14.8. The Kier molecular flexibility index (Phi) is 6.44. The molecule has 2 saturated carbocycles. The molecule has 4 fully saturated rings.